The topological polar surface area (TPSA) is 26.3 Å². The maximum atomic E-state index is 12.6. The quantitative estimate of drug-likeness (QED) is 0.405. The van der Waals surface area contributed by atoms with Crippen molar-refractivity contribution in [2.75, 3.05) is 0 Å². The summed E-state index contributed by atoms with van der Waals surface area (Å²) in [6.45, 7) is 2.17. The lowest BCUT2D eigenvalue weighted by Crippen LogP contribution is -2.00. The first kappa shape index (κ1) is 14.4. The first-order valence-corrected chi connectivity index (χ1v) is 6.35. The summed E-state index contributed by atoms with van der Waals surface area (Å²) >= 11 is 0. The van der Waals surface area contributed by atoms with Crippen molar-refractivity contribution in [3.63, 3.8) is 0 Å². The standard InChI is InChI=1S/C15H19FO2/c1-2-3-4-5-6-7-12-18-15(17)13-8-10-14(16)11-9-13/h7-12H,2-6H2,1H3/b12-7+. The van der Waals surface area contributed by atoms with Crippen LogP contribution < -0.4 is 0 Å². The van der Waals surface area contributed by atoms with Gasteiger partial charge in [0.15, 0.2) is 0 Å². The molecule has 0 aliphatic rings. The van der Waals surface area contributed by atoms with Crippen molar-refractivity contribution in [3.05, 3.63) is 48.0 Å². The van der Waals surface area contributed by atoms with Crippen molar-refractivity contribution >= 4 is 5.97 Å². The average Bonchev–Trinajstić information content (AvgIpc) is 2.38. The number of ether oxygens (including phenoxy) is 1. The molecule has 0 radical (unpaired) electrons. The number of esters is 1. The van der Waals surface area contributed by atoms with Crippen LogP contribution in [0.3, 0.4) is 0 Å². The minimum Gasteiger partial charge on any atom is -0.431 e. The molecule has 0 aliphatic heterocycles. The van der Waals surface area contributed by atoms with Gasteiger partial charge in [-0.3, -0.25) is 0 Å². The smallest absolute Gasteiger partial charge is 0.342 e. The van der Waals surface area contributed by atoms with E-state index in [-0.39, 0.29) is 5.82 Å². The van der Waals surface area contributed by atoms with Crippen molar-refractivity contribution in [3.8, 4) is 0 Å². The van der Waals surface area contributed by atoms with Gasteiger partial charge in [-0.05, 0) is 43.2 Å². The highest BCUT2D eigenvalue weighted by molar-refractivity contribution is 5.89. The summed E-state index contributed by atoms with van der Waals surface area (Å²) in [4.78, 5) is 11.5. The van der Waals surface area contributed by atoms with Crippen molar-refractivity contribution in [1.29, 1.82) is 0 Å². The van der Waals surface area contributed by atoms with Crippen molar-refractivity contribution in [1.82, 2.24) is 0 Å². The van der Waals surface area contributed by atoms with E-state index < -0.39 is 5.97 Å². The van der Waals surface area contributed by atoms with E-state index in [9.17, 15) is 9.18 Å². The molecule has 0 aromatic heterocycles. The zero-order valence-electron chi connectivity index (χ0n) is 10.7. The summed E-state index contributed by atoms with van der Waals surface area (Å²) in [6.07, 6.45) is 8.93. The first-order valence-electron chi connectivity index (χ1n) is 6.35. The number of carbonyl (C=O) groups is 1. The van der Waals surface area contributed by atoms with Crippen LogP contribution in [0.15, 0.2) is 36.6 Å². The first-order chi connectivity index (χ1) is 8.74. The fourth-order valence-electron chi connectivity index (χ4n) is 1.52. The fraction of sp³-hybridized carbons (Fsp3) is 0.400. The Morgan fingerprint density at radius 1 is 1.22 bits per heavy atom. The van der Waals surface area contributed by atoms with Crippen LogP contribution >= 0.6 is 0 Å². The number of benzene rings is 1. The number of hydrogen-bond donors (Lipinski definition) is 0. The van der Waals surface area contributed by atoms with Gasteiger partial charge in [-0.15, -0.1) is 0 Å². The normalized spacial score (nSPS) is 10.8. The number of carbonyl (C=O) groups excluding carboxylic acids is 1. The molecule has 1 aromatic rings. The van der Waals surface area contributed by atoms with Gasteiger partial charge in [-0.25, -0.2) is 9.18 Å². The second-order valence-corrected chi connectivity index (χ2v) is 4.13. The molecule has 1 aromatic carbocycles. The van der Waals surface area contributed by atoms with Crippen LogP contribution in [0.4, 0.5) is 4.39 Å². The van der Waals surface area contributed by atoms with Gasteiger partial charge in [0.2, 0.25) is 0 Å². The molecule has 0 bridgehead atoms. The summed E-state index contributed by atoms with van der Waals surface area (Å²) in [5.74, 6) is -0.821. The molecule has 1 rings (SSSR count). The van der Waals surface area contributed by atoms with E-state index in [1.165, 1.54) is 49.8 Å². The minimum atomic E-state index is -0.459. The van der Waals surface area contributed by atoms with E-state index in [2.05, 4.69) is 6.92 Å². The summed E-state index contributed by atoms with van der Waals surface area (Å²) in [5, 5.41) is 0. The number of hydrogen-bond acceptors (Lipinski definition) is 2. The zero-order chi connectivity index (χ0) is 13.2. The van der Waals surface area contributed by atoms with Crippen LogP contribution in [0.1, 0.15) is 49.4 Å². The molecule has 0 spiro atoms. The molecular weight excluding hydrogens is 231 g/mol. The zero-order valence-corrected chi connectivity index (χ0v) is 10.7. The molecule has 18 heavy (non-hydrogen) atoms. The molecule has 0 N–H and O–H groups in total. The highest BCUT2D eigenvalue weighted by Crippen LogP contribution is 2.06. The Labute approximate surface area is 107 Å². The van der Waals surface area contributed by atoms with E-state index in [1.807, 2.05) is 6.08 Å². The summed E-state index contributed by atoms with van der Waals surface area (Å²) in [7, 11) is 0. The third kappa shape index (κ3) is 5.62. The van der Waals surface area contributed by atoms with Gasteiger partial charge in [0.05, 0.1) is 11.8 Å². The molecule has 3 heteroatoms. The minimum absolute atomic E-state index is 0.354. The molecule has 0 unspecified atom stereocenters. The predicted octanol–water partition coefficient (Wildman–Crippen LogP) is 4.47. The Bertz CT molecular complexity index is 382. The van der Waals surface area contributed by atoms with Crippen LogP contribution in [0.25, 0.3) is 0 Å². The van der Waals surface area contributed by atoms with Crippen LogP contribution in [0.2, 0.25) is 0 Å². The number of halogens is 1. The van der Waals surface area contributed by atoms with E-state index in [0.29, 0.717) is 5.56 Å². The van der Waals surface area contributed by atoms with Gasteiger partial charge < -0.3 is 4.74 Å². The number of rotatable bonds is 7. The van der Waals surface area contributed by atoms with Gasteiger partial charge >= 0.3 is 5.97 Å². The van der Waals surface area contributed by atoms with Crippen molar-refractivity contribution in [2.45, 2.75) is 39.0 Å². The van der Waals surface area contributed by atoms with E-state index in [1.54, 1.807) is 0 Å². The molecule has 0 atom stereocenters. The Balaban J connectivity index is 2.24. The predicted molar refractivity (Wildman–Crippen MR) is 69.7 cm³/mol. The summed E-state index contributed by atoms with van der Waals surface area (Å²) < 4.78 is 17.6. The lowest BCUT2D eigenvalue weighted by molar-refractivity contribution is 0.0662. The van der Waals surface area contributed by atoms with Gasteiger partial charge in [-0.1, -0.05) is 26.2 Å². The third-order valence-corrected chi connectivity index (χ3v) is 2.58. The Morgan fingerprint density at radius 3 is 2.61 bits per heavy atom. The Kier molecular flexibility index (Phi) is 6.77. The molecule has 98 valence electrons. The highest BCUT2D eigenvalue weighted by Gasteiger charge is 2.04. The van der Waals surface area contributed by atoms with E-state index >= 15 is 0 Å². The van der Waals surface area contributed by atoms with E-state index in [0.717, 1.165) is 12.8 Å². The number of allylic oxidation sites excluding steroid dienone is 1. The molecule has 0 fully saturated rings. The number of unbranched alkanes of at least 4 members (excludes halogenated alkanes) is 4. The fourth-order valence-corrected chi connectivity index (χ4v) is 1.52. The molecule has 0 aliphatic carbocycles. The summed E-state index contributed by atoms with van der Waals surface area (Å²) in [6, 6.07) is 5.30. The van der Waals surface area contributed by atoms with Gasteiger partial charge in [0.25, 0.3) is 0 Å². The largest absolute Gasteiger partial charge is 0.431 e. The molecule has 0 saturated carbocycles. The third-order valence-electron chi connectivity index (χ3n) is 2.58. The second kappa shape index (κ2) is 8.45. The molecule has 2 nitrogen and oxygen atoms in total. The second-order valence-electron chi connectivity index (χ2n) is 4.13. The van der Waals surface area contributed by atoms with Gasteiger partial charge in [-0.2, -0.15) is 0 Å². The average molecular weight is 250 g/mol. The van der Waals surface area contributed by atoms with Crippen LogP contribution in [0, 0.1) is 5.82 Å². The molecular formula is C15H19FO2. The maximum absolute atomic E-state index is 12.6. The van der Waals surface area contributed by atoms with E-state index in [4.69, 9.17) is 4.74 Å². The van der Waals surface area contributed by atoms with Gasteiger partial charge in [0.1, 0.15) is 5.82 Å². The van der Waals surface area contributed by atoms with Crippen molar-refractivity contribution in [2.24, 2.45) is 0 Å². The monoisotopic (exact) mass is 250 g/mol. The lowest BCUT2D eigenvalue weighted by Gasteiger charge is -1.99. The molecule has 0 heterocycles. The maximum Gasteiger partial charge on any atom is 0.342 e. The van der Waals surface area contributed by atoms with Gasteiger partial charge in [0, 0.05) is 0 Å². The Morgan fingerprint density at radius 2 is 1.94 bits per heavy atom. The molecule has 0 amide bonds. The lowest BCUT2D eigenvalue weighted by atomic mass is 10.1. The van der Waals surface area contributed by atoms with Crippen molar-refractivity contribution < 1.29 is 13.9 Å². The van der Waals surface area contributed by atoms with Crippen LogP contribution in [-0.4, -0.2) is 5.97 Å². The highest BCUT2D eigenvalue weighted by atomic mass is 19.1. The SMILES string of the molecule is CCCCCC/C=C/OC(=O)c1ccc(F)cc1. The Hall–Kier alpha value is -1.64. The van der Waals surface area contributed by atoms with Crippen LogP contribution in [-0.2, 0) is 4.74 Å². The van der Waals surface area contributed by atoms with Crippen LogP contribution in [0.5, 0.6) is 0 Å². The summed E-state index contributed by atoms with van der Waals surface area (Å²) in [5.41, 5.74) is 0.354. The molecule has 0 saturated heterocycles.